The van der Waals surface area contributed by atoms with Crippen LogP contribution in [0.25, 0.3) is 6.08 Å². The monoisotopic (exact) mass is 308 g/mol. The Morgan fingerprint density at radius 2 is 2.20 bits per heavy atom. The molecule has 2 heterocycles. The molecule has 1 saturated heterocycles. The molecular weight excluding hydrogens is 288 g/mol. The minimum Gasteiger partial charge on any atom is -0.306 e. The maximum absolute atomic E-state index is 12.7. The van der Waals surface area contributed by atoms with Crippen LogP contribution >= 0.6 is 23.1 Å². The minimum atomic E-state index is 0.253. The number of thiazole rings is 1. The lowest BCUT2D eigenvalue weighted by atomic mass is 9.88. The molecule has 0 N–H and O–H groups in total. The van der Waals surface area contributed by atoms with E-state index in [1.165, 1.54) is 19.3 Å². The van der Waals surface area contributed by atoms with Gasteiger partial charge in [-0.1, -0.05) is 19.3 Å². The Balaban J connectivity index is 1.74. The van der Waals surface area contributed by atoms with E-state index in [4.69, 9.17) is 0 Å². The molecule has 1 saturated carbocycles. The molecule has 2 fully saturated rings. The van der Waals surface area contributed by atoms with Crippen molar-refractivity contribution in [3.05, 3.63) is 21.1 Å². The average Bonchev–Trinajstić information content (AvgIpc) is 3.09. The summed E-state index contributed by atoms with van der Waals surface area (Å²) < 4.78 is 0. The van der Waals surface area contributed by atoms with Crippen LogP contribution in [0.15, 0.2) is 10.4 Å². The molecule has 0 unspecified atom stereocenters. The molecule has 20 heavy (non-hydrogen) atoms. The SMILES string of the molecule is Cc1nc(/C=C2/SCCN2C(=O)C2CCCCC2)cs1. The van der Waals surface area contributed by atoms with Gasteiger partial charge >= 0.3 is 0 Å². The zero-order valence-electron chi connectivity index (χ0n) is 11.8. The topological polar surface area (TPSA) is 33.2 Å². The molecule has 1 aliphatic carbocycles. The molecule has 3 nitrogen and oxygen atoms in total. The normalized spacial score (nSPS) is 22.6. The Hall–Kier alpha value is -0.810. The maximum atomic E-state index is 12.7. The quantitative estimate of drug-likeness (QED) is 0.830. The van der Waals surface area contributed by atoms with Crippen molar-refractivity contribution in [3.8, 4) is 0 Å². The van der Waals surface area contributed by atoms with Gasteiger partial charge in [0.25, 0.3) is 0 Å². The van der Waals surface area contributed by atoms with Gasteiger partial charge in [-0.15, -0.1) is 23.1 Å². The number of rotatable bonds is 2. The lowest BCUT2D eigenvalue weighted by molar-refractivity contribution is -0.133. The van der Waals surface area contributed by atoms with Gasteiger partial charge in [0.15, 0.2) is 0 Å². The van der Waals surface area contributed by atoms with Crippen LogP contribution in [-0.2, 0) is 4.79 Å². The molecule has 0 bridgehead atoms. The van der Waals surface area contributed by atoms with Crippen molar-refractivity contribution < 1.29 is 4.79 Å². The molecule has 1 amide bonds. The molecule has 0 spiro atoms. The fourth-order valence-corrected chi connectivity index (χ4v) is 4.51. The van der Waals surface area contributed by atoms with Gasteiger partial charge in [0, 0.05) is 23.6 Å². The van der Waals surface area contributed by atoms with Crippen LogP contribution < -0.4 is 0 Å². The van der Waals surface area contributed by atoms with Crippen LogP contribution in [0.5, 0.6) is 0 Å². The zero-order chi connectivity index (χ0) is 13.9. The van der Waals surface area contributed by atoms with Crippen molar-refractivity contribution >= 4 is 35.1 Å². The fourth-order valence-electron chi connectivity index (χ4n) is 2.91. The molecule has 0 atom stereocenters. The van der Waals surface area contributed by atoms with Crippen LogP contribution in [0.3, 0.4) is 0 Å². The molecule has 1 aliphatic heterocycles. The van der Waals surface area contributed by atoms with E-state index in [-0.39, 0.29) is 5.92 Å². The molecule has 1 aromatic heterocycles. The third kappa shape index (κ3) is 3.09. The average molecular weight is 308 g/mol. The van der Waals surface area contributed by atoms with Gasteiger partial charge in [0.2, 0.25) is 5.91 Å². The Kier molecular flexibility index (Phi) is 4.46. The van der Waals surface area contributed by atoms with Crippen LogP contribution in [0.2, 0.25) is 0 Å². The summed E-state index contributed by atoms with van der Waals surface area (Å²) in [6.07, 6.45) is 7.93. The van der Waals surface area contributed by atoms with Gasteiger partial charge in [-0.05, 0) is 25.8 Å². The smallest absolute Gasteiger partial charge is 0.230 e. The largest absolute Gasteiger partial charge is 0.306 e. The second kappa shape index (κ2) is 6.31. The Bertz CT molecular complexity index is 518. The van der Waals surface area contributed by atoms with Crippen molar-refractivity contribution in [1.82, 2.24) is 9.88 Å². The first kappa shape index (κ1) is 14.1. The summed E-state index contributed by atoms with van der Waals surface area (Å²) >= 11 is 3.43. The summed E-state index contributed by atoms with van der Waals surface area (Å²) in [5, 5.41) is 4.22. The highest BCUT2D eigenvalue weighted by atomic mass is 32.2. The molecule has 1 aromatic rings. The first-order valence-electron chi connectivity index (χ1n) is 7.32. The van der Waals surface area contributed by atoms with E-state index in [9.17, 15) is 4.79 Å². The van der Waals surface area contributed by atoms with Gasteiger partial charge in [0.05, 0.1) is 15.7 Å². The van der Waals surface area contributed by atoms with E-state index in [0.29, 0.717) is 5.91 Å². The Labute approximate surface area is 128 Å². The van der Waals surface area contributed by atoms with Gasteiger partial charge in [-0.25, -0.2) is 4.98 Å². The van der Waals surface area contributed by atoms with Crippen LogP contribution in [-0.4, -0.2) is 28.1 Å². The number of aromatic nitrogens is 1. The highest BCUT2D eigenvalue weighted by Gasteiger charge is 2.30. The van der Waals surface area contributed by atoms with E-state index in [1.54, 1.807) is 23.1 Å². The first-order chi connectivity index (χ1) is 9.74. The standard InChI is InChI=1S/C15H20N2OS2/c1-11-16-13(10-20-11)9-14-17(7-8-19-14)15(18)12-5-3-2-4-6-12/h9-10,12H,2-8H2,1H3/b14-9+. The summed E-state index contributed by atoms with van der Waals surface area (Å²) in [6, 6.07) is 0. The van der Waals surface area contributed by atoms with Crippen molar-refractivity contribution in [1.29, 1.82) is 0 Å². The number of thioether (sulfide) groups is 1. The van der Waals surface area contributed by atoms with E-state index in [1.807, 2.05) is 11.8 Å². The summed E-state index contributed by atoms with van der Waals surface area (Å²) in [5.41, 5.74) is 0.985. The summed E-state index contributed by atoms with van der Waals surface area (Å²) in [7, 11) is 0. The highest BCUT2D eigenvalue weighted by molar-refractivity contribution is 8.03. The number of carbonyl (C=O) groups excluding carboxylic acids is 1. The third-order valence-corrected chi connectivity index (χ3v) is 5.77. The summed E-state index contributed by atoms with van der Waals surface area (Å²) in [5.74, 6) is 1.60. The van der Waals surface area contributed by atoms with Gasteiger partial charge in [-0.2, -0.15) is 0 Å². The van der Waals surface area contributed by atoms with Crippen LogP contribution in [0.4, 0.5) is 0 Å². The first-order valence-corrected chi connectivity index (χ1v) is 9.18. The molecule has 5 heteroatoms. The zero-order valence-corrected chi connectivity index (χ0v) is 13.4. The molecule has 0 radical (unpaired) electrons. The van der Waals surface area contributed by atoms with Crippen LogP contribution in [0.1, 0.15) is 42.8 Å². The van der Waals surface area contributed by atoms with Crippen molar-refractivity contribution in [2.45, 2.75) is 39.0 Å². The van der Waals surface area contributed by atoms with Crippen molar-refractivity contribution in [2.24, 2.45) is 5.92 Å². The number of hydrogen-bond donors (Lipinski definition) is 0. The molecule has 108 valence electrons. The lowest BCUT2D eigenvalue weighted by Crippen LogP contribution is -2.34. The predicted molar refractivity (Wildman–Crippen MR) is 85.6 cm³/mol. The lowest BCUT2D eigenvalue weighted by Gasteiger charge is -2.26. The molecule has 3 rings (SSSR count). The molecule has 2 aliphatic rings. The number of hydrogen-bond acceptors (Lipinski definition) is 4. The third-order valence-electron chi connectivity index (χ3n) is 3.96. The maximum Gasteiger partial charge on any atom is 0.230 e. The predicted octanol–water partition coefficient (Wildman–Crippen LogP) is 3.91. The van der Waals surface area contributed by atoms with Crippen LogP contribution in [0, 0.1) is 12.8 Å². The summed E-state index contributed by atoms with van der Waals surface area (Å²) in [4.78, 5) is 19.1. The van der Waals surface area contributed by atoms with E-state index in [0.717, 1.165) is 40.9 Å². The number of nitrogens with zero attached hydrogens (tertiary/aromatic N) is 2. The minimum absolute atomic E-state index is 0.253. The number of amides is 1. The van der Waals surface area contributed by atoms with E-state index >= 15 is 0 Å². The molecule has 0 aromatic carbocycles. The Morgan fingerprint density at radius 1 is 1.40 bits per heavy atom. The fraction of sp³-hybridized carbons (Fsp3) is 0.600. The van der Waals surface area contributed by atoms with Crippen molar-refractivity contribution in [3.63, 3.8) is 0 Å². The highest BCUT2D eigenvalue weighted by Crippen LogP contribution is 2.34. The van der Waals surface area contributed by atoms with Gasteiger partial charge < -0.3 is 4.90 Å². The van der Waals surface area contributed by atoms with E-state index < -0.39 is 0 Å². The second-order valence-corrected chi connectivity index (χ2v) is 7.62. The van der Waals surface area contributed by atoms with E-state index in [2.05, 4.69) is 16.4 Å². The van der Waals surface area contributed by atoms with Crippen molar-refractivity contribution in [2.75, 3.05) is 12.3 Å². The van der Waals surface area contributed by atoms with Gasteiger partial charge in [-0.3, -0.25) is 4.79 Å². The number of aryl methyl sites for hydroxylation is 1. The van der Waals surface area contributed by atoms with Gasteiger partial charge in [0.1, 0.15) is 0 Å². The summed E-state index contributed by atoms with van der Waals surface area (Å²) in [6.45, 7) is 2.87. The molecular formula is C15H20N2OS2. The Morgan fingerprint density at radius 3 is 2.90 bits per heavy atom. The second-order valence-electron chi connectivity index (χ2n) is 5.45. The number of carbonyl (C=O) groups is 1.